The summed E-state index contributed by atoms with van der Waals surface area (Å²) < 4.78 is 22.1. The first-order valence-corrected chi connectivity index (χ1v) is 13.6. The maximum atomic E-state index is 13.7. The highest BCUT2D eigenvalue weighted by Gasteiger charge is 2.31. The first-order valence-electron chi connectivity index (χ1n) is 13.6. The van der Waals surface area contributed by atoms with Crippen molar-refractivity contribution in [3.8, 4) is 11.5 Å². The maximum Gasteiger partial charge on any atom is 0.242 e. The summed E-state index contributed by atoms with van der Waals surface area (Å²) in [4.78, 5) is 32.9. The minimum Gasteiger partial charge on any atom is -0.493 e. The number of aryl methyl sites for hydroxylation is 1. The third-order valence-corrected chi connectivity index (χ3v) is 7.50. The Morgan fingerprint density at radius 3 is 2.39 bits per heavy atom. The SMILES string of the molecule is COc1ccc(CCN(Cc2ccc(C)o2)C(=O)CN(CCN2CCOCC2)C(=O)C2CCC2)cc1OC. The van der Waals surface area contributed by atoms with Gasteiger partial charge < -0.3 is 28.4 Å². The molecule has 0 bridgehead atoms. The number of nitrogens with zero attached hydrogens (tertiary/aromatic N) is 3. The van der Waals surface area contributed by atoms with Crippen LogP contribution >= 0.6 is 0 Å². The first kappa shape index (κ1) is 28.0. The highest BCUT2D eigenvalue weighted by Crippen LogP contribution is 2.29. The molecule has 1 saturated heterocycles. The topological polar surface area (TPSA) is 84.7 Å². The van der Waals surface area contributed by atoms with Crippen molar-refractivity contribution in [1.82, 2.24) is 14.7 Å². The molecule has 208 valence electrons. The Balaban J connectivity index is 1.45. The largest absolute Gasteiger partial charge is 0.493 e. The molecule has 0 unspecified atom stereocenters. The second-order valence-corrected chi connectivity index (χ2v) is 10.1. The maximum absolute atomic E-state index is 13.7. The van der Waals surface area contributed by atoms with E-state index in [1.807, 2.05) is 37.3 Å². The molecule has 1 aromatic heterocycles. The highest BCUT2D eigenvalue weighted by molar-refractivity contribution is 5.86. The van der Waals surface area contributed by atoms with Crippen LogP contribution in [0.15, 0.2) is 34.7 Å². The molecule has 9 nitrogen and oxygen atoms in total. The second-order valence-electron chi connectivity index (χ2n) is 10.1. The van der Waals surface area contributed by atoms with Crippen molar-refractivity contribution < 1.29 is 28.2 Å². The molecule has 2 amide bonds. The number of ether oxygens (including phenoxy) is 3. The summed E-state index contributed by atoms with van der Waals surface area (Å²) in [6, 6.07) is 9.60. The lowest BCUT2D eigenvalue weighted by Crippen LogP contribution is -2.49. The number of carbonyl (C=O) groups excluding carboxylic acids is 2. The number of furan rings is 1. The molecule has 4 rings (SSSR count). The van der Waals surface area contributed by atoms with Crippen LogP contribution in [-0.2, 0) is 27.3 Å². The Bertz CT molecular complexity index is 1060. The van der Waals surface area contributed by atoms with Gasteiger partial charge in [-0.05, 0) is 56.0 Å². The van der Waals surface area contributed by atoms with Gasteiger partial charge in [-0.3, -0.25) is 14.5 Å². The molecule has 2 fully saturated rings. The van der Waals surface area contributed by atoms with Crippen LogP contribution in [0.1, 0.15) is 36.3 Å². The van der Waals surface area contributed by atoms with Gasteiger partial charge in [-0.15, -0.1) is 0 Å². The fourth-order valence-corrected chi connectivity index (χ4v) is 4.88. The second kappa shape index (κ2) is 13.7. The third-order valence-electron chi connectivity index (χ3n) is 7.50. The van der Waals surface area contributed by atoms with E-state index in [1.54, 1.807) is 24.0 Å². The summed E-state index contributed by atoms with van der Waals surface area (Å²) >= 11 is 0. The highest BCUT2D eigenvalue weighted by atomic mass is 16.5. The lowest BCUT2D eigenvalue weighted by Gasteiger charge is -2.35. The van der Waals surface area contributed by atoms with E-state index in [9.17, 15) is 9.59 Å². The first-order chi connectivity index (χ1) is 18.5. The van der Waals surface area contributed by atoms with Gasteiger partial charge >= 0.3 is 0 Å². The number of hydrogen-bond donors (Lipinski definition) is 0. The summed E-state index contributed by atoms with van der Waals surface area (Å²) in [7, 11) is 3.22. The van der Waals surface area contributed by atoms with Crippen LogP contribution in [0, 0.1) is 12.8 Å². The van der Waals surface area contributed by atoms with Crippen LogP contribution in [0.25, 0.3) is 0 Å². The lowest BCUT2D eigenvalue weighted by atomic mass is 9.84. The summed E-state index contributed by atoms with van der Waals surface area (Å²) in [6.07, 6.45) is 3.54. The average molecular weight is 528 g/mol. The zero-order chi connectivity index (χ0) is 26.9. The molecule has 38 heavy (non-hydrogen) atoms. The van der Waals surface area contributed by atoms with Crippen molar-refractivity contribution in [1.29, 1.82) is 0 Å². The summed E-state index contributed by atoms with van der Waals surface area (Å²) in [5.41, 5.74) is 1.03. The smallest absolute Gasteiger partial charge is 0.242 e. The number of methoxy groups -OCH3 is 2. The van der Waals surface area contributed by atoms with Gasteiger partial charge in [0.1, 0.15) is 11.5 Å². The molecule has 2 aliphatic rings. The molecule has 0 radical (unpaired) electrons. The zero-order valence-corrected chi connectivity index (χ0v) is 22.9. The summed E-state index contributed by atoms with van der Waals surface area (Å²) in [5, 5.41) is 0. The molecule has 2 aromatic rings. The molecule has 2 heterocycles. The standard InChI is InChI=1S/C29H41N3O6/c1-22-7-9-25(38-22)20-31(12-11-23-8-10-26(35-2)27(19-23)36-3)28(33)21-32(29(34)24-5-4-6-24)14-13-30-15-17-37-18-16-30/h7-10,19,24H,4-6,11-18,20-21H2,1-3H3. The minimum absolute atomic E-state index is 0.0421. The molecule has 0 atom stereocenters. The summed E-state index contributed by atoms with van der Waals surface area (Å²) in [5.74, 6) is 2.93. The van der Waals surface area contributed by atoms with E-state index >= 15 is 0 Å². The molecular weight excluding hydrogens is 486 g/mol. The molecule has 1 aromatic carbocycles. The quantitative estimate of drug-likeness (QED) is 0.396. The number of hydrogen-bond acceptors (Lipinski definition) is 7. The third kappa shape index (κ3) is 7.51. The monoisotopic (exact) mass is 527 g/mol. The van der Waals surface area contributed by atoms with Crippen LogP contribution in [0.3, 0.4) is 0 Å². The van der Waals surface area contributed by atoms with Gasteiger partial charge in [-0.25, -0.2) is 0 Å². The fourth-order valence-electron chi connectivity index (χ4n) is 4.88. The van der Waals surface area contributed by atoms with Crippen LogP contribution in [0.5, 0.6) is 11.5 Å². The van der Waals surface area contributed by atoms with E-state index in [4.69, 9.17) is 18.6 Å². The van der Waals surface area contributed by atoms with E-state index in [1.165, 1.54) is 0 Å². The van der Waals surface area contributed by atoms with Gasteiger partial charge in [0.15, 0.2) is 11.5 Å². The van der Waals surface area contributed by atoms with Gasteiger partial charge in [-0.2, -0.15) is 0 Å². The van der Waals surface area contributed by atoms with Crippen LogP contribution in [0.2, 0.25) is 0 Å². The Morgan fingerprint density at radius 2 is 1.76 bits per heavy atom. The molecule has 1 saturated carbocycles. The Hall–Kier alpha value is -3.04. The predicted octanol–water partition coefficient (Wildman–Crippen LogP) is 3.14. The van der Waals surface area contributed by atoms with Gasteiger partial charge in [0.2, 0.25) is 11.8 Å². The Morgan fingerprint density at radius 1 is 1.00 bits per heavy atom. The van der Waals surface area contributed by atoms with Crippen LogP contribution in [-0.4, -0.2) is 93.2 Å². The van der Waals surface area contributed by atoms with E-state index in [2.05, 4.69) is 4.90 Å². The minimum atomic E-state index is -0.0748. The van der Waals surface area contributed by atoms with Crippen molar-refractivity contribution in [3.63, 3.8) is 0 Å². The van der Waals surface area contributed by atoms with Crippen molar-refractivity contribution >= 4 is 11.8 Å². The average Bonchev–Trinajstić information content (AvgIpc) is 3.32. The number of rotatable bonds is 13. The predicted molar refractivity (Wildman–Crippen MR) is 143 cm³/mol. The van der Waals surface area contributed by atoms with E-state index in [0.29, 0.717) is 50.8 Å². The van der Waals surface area contributed by atoms with Gasteiger partial charge in [0, 0.05) is 38.6 Å². The molecule has 1 aliphatic heterocycles. The van der Waals surface area contributed by atoms with Crippen LogP contribution < -0.4 is 9.47 Å². The van der Waals surface area contributed by atoms with Crippen molar-refractivity contribution in [2.75, 3.05) is 66.7 Å². The van der Waals surface area contributed by atoms with Gasteiger partial charge in [-0.1, -0.05) is 12.5 Å². The molecule has 1 aliphatic carbocycles. The van der Waals surface area contributed by atoms with Crippen molar-refractivity contribution in [2.45, 2.75) is 39.2 Å². The zero-order valence-electron chi connectivity index (χ0n) is 22.9. The van der Waals surface area contributed by atoms with Crippen LogP contribution in [0.4, 0.5) is 0 Å². The normalized spacial score (nSPS) is 16.1. The Kier molecular flexibility index (Phi) is 10.1. The molecule has 0 spiro atoms. The lowest BCUT2D eigenvalue weighted by molar-refractivity contribution is -0.145. The number of amides is 2. The fraction of sp³-hybridized carbons (Fsp3) is 0.586. The number of benzene rings is 1. The Labute approximate surface area is 225 Å². The van der Waals surface area contributed by atoms with Crippen molar-refractivity contribution in [3.05, 3.63) is 47.4 Å². The molecule has 0 N–H and O–H groups in total. The van der Waals surface area contributed by atoms with E-state index < -0.39 is 0 Å². The number of carbonyl (C=O) groups is 2. The molecule has 9 heteroatoms. The number of morpholine rings is 1. The van der Waals surface area contributed by atoms with E-state index in [0.717, 1.165) is 56.0 Å². The van der Waals surface area contributed by atoms with E-state index in [-0.39, 0.29) is 24.3 Å². The van der Waals surface area contributed by atoms with Gasteiger partial charge in [0.25, 0.3) is 0 Å². The van der Waals surface area contributed by atoms with Crippen molar-refractivity contribution in [2.24, 2.45) is 5.92 Å². The molecular formula is C29H41N3O6. The van der Waals surface area contributed by atoms with Gasteiger partial charge in [0.05, 0.1) is 40.5 Å². The summed E-state index contributed by atoms with van der Waals surface area (Å²) in [6.45, 7) is 7.24.